The van der Waals surface area contributed by atoms with Crippen molar-refractivity contribution in [2.45, 2.75) is 24.6 Å². The van der Waals surface area contributed by atoms with Gasteiger partial charge >= 0.3 is 0 Å². The number of sulfone groups is 1. The van der Waals surface area contributed by atoms with Crippen LogP contribution in [0.1, 0.15) is 25.5 Å². The predicted octanol–water partition coefficient (Wildman–Crippen LogP) is 2.17. The average Bonchev–Trinajstić information content (AvgIpc) is 2.26. The van der Waals surface area contributed by atoms with Crippen LogP contribution in [0.3, 0.4) is 0 Å². The lowest BCUT2D eigenvalue weighted by Gasteiger charge is -2.30. The highest BCUT2D eigenvalue weighted by atomic mass is 35.5. The number of ether oxygens (including phenoxy) is 1. The fraction of sp³-hybridized carbons (Fsp3) is 0.500. The van der Waals surface area contributed by atoms with Crippen LogP contribution in [-0.2, 0) is 9.84 Å². The van der Waals surface area contributed by atoms with Gasteiger partial charge in [-0.05, 0) is 31.5 Å². The molecular formula is C12H18ClNO3S. The second-order valence-corrected chi connectivity index (χ2v) is 7.75. The largest absolute Gasteiger partial charge is 0.495 e. The molecule has 0 aromatic heterocycles. The molecule has 1 aromatic carbocycles. The van der Waals surface area contributed by atoms with E-state index in [1.54, 1.807) is 32.0 Å². The average molecular weight is 292 g/mol. The van der Waals surface area contributed by atoms with Crippen LogP contribution in [0.25, 0.3) is 0 Å². The second-order valence-electron chi connectivity index (χ2n) is 4.75. The first-order valence-corrected chi connectivity index (χ1v) is 7.67. The minimum atomic E-state index is -3.28. The molecule has 0 spiro atoms. The predicted molar refractivity (Wildman–Crippen MR) is 73.9 cm³/mol. The van der Waals surface area contributed by atoms with E-state index >= 15 is 0 Å². The van der Waals surface area contributed by atoms with Crippen LogP contribution >= 0.6 is 11.6 Å². The van der Waals surface area contributed by atoms with Crippen LogP contribution in [0.2, 0.25) is 5.02 Å². The number of methoxy groups -OCH3 is 1. The minimum Gasteiger partial charge on any atom is -0.495 e. The molecule has 4 nitrogen and oxygen atoms in total. The summed E-state index contributed by atoms with van der Waals surface area (Å²) in [6.45, 7) is 3.20. The molecule has 1 unspecified atom stereocenters. The summed E-state index contributed by atoms with van der Waals surface area (Å²) >= 11 is 6.01. The summed E-state index contributed by atoms with van der Waals surface area (Å²) < 4.78 is 27.5. The molecule has 18 heavy (non-hydrogen) atoms. The molecule has 0 aliphatic carbocycles. The molecule has 1 aromatic rings. The molecule has 0 fully saturated rings. The molecule has 0 bridgehead atoms. The van der Waals surface area contributed by atoms with Gasteiger partial charge in [0.05, 0.1) is 16.9 Å². The SMILES string of the molecule is COc1ccc(C(N)C(C)(C)S(C)(=O)=O)cc1Cl. The quantitative estimate of drug-likeness (QED) is 0.923. The van der Waals surface area contributed by atoms with E-state index < -0.39 is 20.6 Å². The Hall–Kier alpha value is -0.780. The van der Waals surface area contributed by atoms with Crippen LogP contribution in [0.4, 0.5) is 0 Å². The standard InChI is InChI=1S/C12H18ClNO3S/c1-12(2,18(4,15)16)11(14)8-5-6-10(17-3)9(13)7-8/h5-7,11H,14H2,1-4H3. The highest BCUT2D eigenvalue weighted by molar-refractivity contribution is 7.92. The summed E-state index contributed by atoms with van der Waals surface area (Å²) in [5, 5.41) is 0.412. The zero-order valence-corrected chi connectivity index (χ0v) is 12.5. The van der Waals surface area contributed by atoms with Gasteiger partial charge in [0.1, 0.15) is 5.75 Å². The lowest BCUT2D eigenvalue weighted by molar-refractivity contribution is 0.414. The number of hydrogen-bond acceptors (Lipinski definition) is 4. The van der Waals surface area contributed by atoms with Crippen LogP contribution in [0.5, 0.6) is 5.75 Å². The maximum atomic E-state index is 11.7. The summed E-state index contributed by atoms with van der Waals surface area (Å²) in [6, 6.07) is 4.38. The third kappa shape index (κ3) is 2.79. The Morgan fingerprint density at radius 1 is 1.39 bits per heavy atom. The van der Waals surface area contributed by atoms with Crippen molar-refractivity contribution in [3.63, 3.8) is 0 Å². The lowest BCUT2D eigenvalue weighted by Crippen LogP contribution is -2.42. The third-order valence-corrected chi connectivity index (χ3v) is 5.70. The highest BCUT2D eigenvalue weighted by Gasteiger charge is 2.37. The summed E-state index contributed by atoms with van der Waals surface area (Å²) in [4.78, 5) is 0. The smallest absolute Gasteiger partial charge is 0.154 e. The first kappa shape index (κ1) is 15.3. The van der Waals surface area contributed by atoms with Gasteiger partial charge in [0, 0.05) is 12.3 Å². The van der Waals surface area contributed by atoms with E-state index in [4.69, 9.17) is 22.1 Å². The molecule has 0 amide bonds. The molecule has 0 aliphatic heterocycles. The van der Waals surface area contributed by atoms with Crippen LogP contribution in [-0.4, -0.2) is 26.5 Å². The van der Waals surface area contributed by atoms with Gasteiger partial charge in [0.2, 0.25) is 0 Å². The molecule has 1 rings (SSSR count). The van der Waals surface area contributed by atoms with E-state index in [1.165, 1.54) is 13.4 Å². The number of benzene rings is 1. The Balaban J connectivity index is 3.20. The van der Waals surface area contributed by atoms with Gasteiger partial charge in [-0.3, -0.25) is 0 Å². The molecule has 6 heteroatoms. The Bertz CT molecular complexity index is 540. The van der Waals surface area contributed by atoms with Crippen molar-refractivity contribution in [2.75, 3.05) is 13.4 Å². The first-order valence-electron chi connectivity index (χ1n) is 5.40. The molecule has 0 saturated heterocycles. The second kappa shape index (κ2) is 5.07. The van der Waals surface area contributed by atoms with Crippen molar-refractivity contribution in [3.05, 3.63) is 28.8 Å². The van der Waals surface area contributed by atoms with Crippen molar-refractivity contribution in [1.82, 2.24) is 0 Å². The Labute approximate surface area is 113 Å². The molecular weight excluding hydrogens is 274 g/mol. The topological polar surface area (TPSA) is 69.4 Å². The zero-order chi connectivity index (χ0) is 14.1. The Morgan fingerprint density at radius 2 is 1.94 bits per heavy atom. The molecule has 0 saturated carbocycles. The summed E-state index contributed by atoms with van der Waals surface area (Å²) in [5.41, 5.74) is 6.70. The van der Waals surface area contributed by atoms with Crippen molar-refractivity contribution in [3.8, 4) is 5.75 Å². The Morgan fingerprint density at radius 3 is 2.33 bits per heavy atom. The van der Waals surface area contributed by atoms with Gasteiger partial charge in [-0.15, -0.1) is 0 Å². The normalized spacial score (nSPS) is 14.3. The van der Waals surface area contributed by atoms with Crippen molar-refractivity contribution < 1.29 is 13.2 Å². The molecule has 0 radical (unpaired) electrons. The maximum absolute atomic E-state index is 11.7. The van der Waals surface area contributed by atoms with Crippen LogP contribution in [0, 0.1) is 0 Å². The molecule has 2 N–H and O–H groups in total. The molecule has 0 heterocycles. The van der Waals surface area contributed by atoms with Gasteiger partial charge in [0.25, 0.3) is 0 Å². The number of nitrogens with two attached hydrogens (primary N) is 1. The van der Waals surface area contributed by atoms with Crippen LogP contribution in [0.15, 0.2) is 18.2 Å². The van der Waals surface area contributed by atoms with Gasteiger partial charge in [0.15, 0.2) is 9.84 Å². The van der Waals surface area contributed by atoms with E-state index in [-0.39, 0.29) is 0 Å². The van der Waals surface area contributed by atoms with E-state index in [0.717, 1.165) is 0 Å². The summed E-state index contributed by atoms with van der Waals surface area (Å²) in [5.74, 6) is 0.532. The van der Waals surface area contributed by atoms with E-state index in [1.807, 2.05) is 0 Å². The third-order valence-electron chi connectivity index (χ3n) is 3.24. The van der Waals surface area contributed by atoms with Crippen molar-refractivity contribution in [1.29, 1.82) is 0 Å². The fourth-order valence-electron chi connectivity index (χ4n) is 1.51. The summed E-state index contributed by atoms with van der Waals surface area (Å²) in [6.07, 6.45) is 1.18. The number of rotatable bonds is 4. The van der Waals surface area contributed by atoms with Crippen LogP contribution < -0.4 is 10.5 Å². The monoisotopic (exact) mass is 291 g/mol. The molecule has 0 aliphatic rings. The maximum Gasteiger partial charge on any atom is 0.154 e. The van der Waals surface area contributed by atoms with Gasteiger partial charge < -0.3 is 10.5 Å². The Kier molecular flexibility index (Phi) is 4.30. The van der Waals surface area contributed by atoms with E-state index in [2.05, 4.69) is 0 Å². The number of halogens is 1. The lowest BCUT2D eigenvalue weighted by atomic mass is 9.96. The van der Waals surface area contributed by atoms with Crippen molar-refractivity contribution >= 4 is 21.4 Å². The van der Waals surface area contributed by atoms with Gasteiger partial charge in [-0.1, -0.05) is 17.7 Å². The minimum absolute atomic E-state index is 0.412. The number of hydrogen-bond donors (Lipinski definition) is 1. The van der Waals surface area contributed by atoms with Gasteiger partial charge in [-0.2, -0.15) is 0 Å². The van der Waals surface area contributed by atoms with Crippen molar-refractivity contribution in [2.24, 2.45) is 5.73 Å². The molecule has 1 atom stereocenters. The fourth-order valence-corrected chi connectivity index (χ4v) is 2.37. The van der Waals surface area contributed by atoms with Gasteiger partial charge in [-0.25, -0.2) is 8.42 Å². The highest BCUT2D eigenvalue weighted by Crippen LogP contribution is 2.33. The van der Waals surface area contributed by atoms with E-state index in [9.17, 15) is 8.42 Å². The zero-order valence-electron chi connectivity index (χ0n) is 10.9. The summed E-state index contributed by atoms with van der Waals surface area (Å²) in [7, 11) is -1.76. The first-order chi connectivity index (χ1) is 8.11. The van der Waals surface area contributed by atoms with E-state index in [0.29, 0.717) is 16.3 Å². The molecule has 102 valence electrons.